The van der Waals surface area contributed by atoms with Crippen molar-refractivity contribution in [1.82, 2.24) is 15.1 Å². The number of nitrogens with one attached hydrogen (secondary N) is 1. The van der Waals surface area contributed by atoms with Gasteiger partial charge >= 0.3 is 0 Å². The zero-order valence-electron chi connectivity index (χ0n) is 22.8. The molecule has 2 fully saturated rings. The van der Waals surface area contributed by atoms with E-state index in [-0.39, 0.29) is 24.3 Å². The standard InChI is InChI=1S/C30H34N4O5S/c1-38-24-11-10-22(19-25(24)39-2)12-15-31-27(35)20-33-21-34(23-7-4-3-5-8-23)30(29(33)37)13-16-32(17-14-30)28(36)26-9-6-18-40-26/h3-11,18-19H,12-17,20-21H2,1-2H3,(H,31,35). The number of likely N-dealkylation sites (tertiary alicyclic amines) is 1. The van der Waals surface area contributed by atoms with Crippen LogP contribution in [0.4, 0.5) is 5.69 Å². The molecule has 0 atom stereocenters. The Labute approximate surface area is 238 Å². The molecule has 1 aromatic heterocycles. The van der Waals surface area contributed by atoms with Crippen molar-refractivity contribution in [2.75, 3.05) is 52.0 Å². The molecule has 0 unspecified atom stereocenters. The van der Waals surface area contributed by atoms with Gasteiger partial charge in [0.15, 0.2) is 11.5 Å². The molecule has 210 valence electrons. The third-order valence-electron chi connectivity index (χ3n) is 7.71. The van der Waals surface area contributed by atoms with Gasteiger partial charge in [-0.3, -0.25) is 14.4 Å². The molecule has 3 heterocycles. The number of hydrogen-bond donors (Lipinski definition) is 1. The molecule has 0 saturated carbocycles. The van der Waals surface area contributed by atoms with Crippen molar-refractivity contribution in [2.45, 2.75) is 24.8 Å². The van der Waals surface area contributed by atoms with E-state index in [0.717, 1.165) is 11.3 Å². The van der Waals surface area contributed by atoms with Crippen LogP contribution >= 0.6 is 11.3 Å². The number of carbonyl (C=O) groups is 3. The summed E-state index contributed by atoms with van der Waals surface area (Å²) >= 11 is 1.43. The van der Waals surface area contributed by atoms with Crippen LogP contribution in [0.15, 0.2) is 66.0 Å². The zero-order chi connectivity index (χ0) is 28.1. The Morgan fingerprint density at radius 3 is 2.40 bits per heavy atom. The minimum atomic E-state index is -0.784. The molecular formula is C30H34N4O5S. The van der Waals surface area contributed by atoms with Crippen molar-refractivity contribution >= 4 is 34.7 Å². The summed E-state index contributed by atoms with van der Waals surface area (Å²) in [6.45, 7) is 1.70. The number of methoxy groups -OCH3 is 2. The van der Waals surface area contributed by atoms with Gasteiger partial charge < -0.3 is 29.5 Å². The number of amides is 3. The number of hydrogen-bond acceptors (Lipinski definition) is 7. The molecule has 10 heteroatoms. The molecule has 2 aliphatic heterocycles. The number of para-hydroxylation sites is 1. The van der Waals surface area contributed by atoms with E-state index in [1.165, 1.54) is 11.3 Å². The van der Waals surface area contributed by atoms with Crippen molar-refractivity contribution in [3.05, 3.63) is 76.5 Å². The lowest BCUT2D eigenvalue weighted by Gasteiger charge is -2.43. The Bertz CT molecular complexity index is 1340. The second-order valence-corrected chi connectivity index (χ2v) is 10.9. The molecule has 40 heavy (non-hydrogen) atoms. The van der Waals surface area contributed by atoms with Gasteiger partial charge in [0.1, 0.15) is 12.1 Å². The van der Waals surface area contributed by atoms with E-state index in [9.17, 15) is 14.4 Å². The van der Waals surface area contributed by atoms with E-state index >= 15 is 0 Å². The van der Waals surface area contributed by atoms with Gasteiger partial charge in [0.25, 0.3) is 11.8 Å². The second-order valence-electron chi connectivity index (χ2n) is 10.00. The Hall–Kier alpha value is -4.05. The summed E-state index contributed by atoms with van der Waals surface area (Å²) in [5.74, 6) is 1.04. The third-order valence-corrected chi connectivity index (χ3v) is 8.57. The normalized spacial score (nSPS) is 16.4. The maximum absolute atomic E-state index is 13.9. The highest BCUT2D eigenvalue weighted by molar-refractivity contribution is 7.12. The zero-order valence-corrected chi connectivity index (χ0v) is 23.6. The van der Waals surface area contributed by atoms with Crippen LogP contribution in [0.5, 0.6) is 11.5 Å². The number of rotatable bonds is 9. The summed E-state index contributed by atoms with van der Waals surface area (Å²) in [7, 11) is 3.18. The van der Waals surface area contributed by atoms with Gasteiger partial charge in [-0.1, -0.05) is 30.3 Å². The maximum Gasteiger partial charge on any atom is 0.263 e. The van der Waals surface area contributed by atoms with E-state index in [2.05, 4.69) is 10.2 Å². The first-order chi connectivity index (χ1) is 19.4. The van der Waals surface area contributed by atoms with Gasteiger partial charge in [0.05, 0.1) is 25.8 Å². The van der Waals surface area contributed by atoms with Crippen LogP contribution in [0.2, 0.25) is 0 Å². The molecule has 2 saturated heterocycles. The molecule has 5 rings (SSSR count). The number of benzene rings is 2. The van der Waals surface area contributed by atoms with Crippen molar-refractivity contribution in [2.24, 2.45) is 0 Å². The van der Waals surface area contributed by atoms with Crippen molar-refractivity contribution in [3.8, 4) is 11.5 Å². The average molecular weight is 563 g/mol. The van der Waals surface area contributed by atoms with Gasteiger partial charge in [-0.05, 0) is 60.5 Å². The summed E-state index contributed by atoms with van der Waals surface area (Å²) in [5.41, 5.74) is 1.16. The minimum Gasteiger partial charge on any atom is -0.493 e. The van der Waals surface area contributed by atoms with E-state index in [1.807, 2.05) is 70.9 Å². The highest BCUT2D eigenvalue weighted by atomic mass is 32.1. The monoisotopic (exact) mass is 562 g/mol. The Balaban J connectivity index is 1.23. The molecule has 9 nitrogen and oxygen atoms in total. The largest absolute Gasteiger partial charge is 0.493 e. The summed E-state index contributed by atoms with van der Waals surface area (Å²) in [6.07, 6.45) is 1.64. The third kappa shape index (κ3) is 5.49. The number of thiophene rings is 1. The van der Waals surface area contributed by atoms with Gasteiger partial charge in [0, 0.05) is 25.3 Å². The molecular weight excluding hydrogens is 528 g/mol. The van der Waals surface area contributed by atoms with Gasteiger partial charge in [0.2, 0.25) is 5.91 Å². The summed E-state index contributed by atoms with van der Waals surface area (Å²) in [5, 5.41) is 4.85. The molecule has 2 aromatic carbocycles. The molecule has 1 N–H and O–H groups in total. The number of nitrogens with zero attached hydrogens (tertiary/aromatic N) is 3. The molecule has 0 aliphatic carbocycles. The van der Waals surface area contributed by atoms with Gasteiger partial charge in [-0.25, -0.2) is 0 Å². The smallest absolute Gasteiger partial charge is 0.263 e. The fourth-order valence-electron chi connectivity index (χ4n) is 5.57. The first-order valence-electron chi connectivity index (χ1n) is 13.4. The quantitative estimate of drug-likeness (QED) is 0.430. The molecule has 0 bridgehead atoms. The summed E-state index contributed by atoms with van der Waals surface area (Å²) < 4.78 is 10.6. The minimum absolute atomic E-state index is 0.00673. The number of piperidine rings is 1. The van der Waals surface area contributed by atoms with Crippen LogP contribution in [-0.2, 0) is 16.0 Å². The van der Waals surface area contributed by atoms with E-state index in [1.54, 1.807) is 19.1 Å². The van der Waals surface area contributed by atoms with Gasteiger partial charge in [-0.2, -0.15) is 0 Å². The lowest BCUT2D eigenvalue weighted by Crippen LogP contribution is -2.57. The first-order valence-corrected chi connectivity index (χ1v) is 14.3. The van der Waals surface area contributed by atoms with Crippen molar-refractivity contribution < 1.29 is 23.9 Å². The van der Waals surface area contributed by atoms with Crippen LogP contribution in [0.25, 0.3) is 0 Å². The van der Waals surface area contributed by atoms with Crippen LogP contribution < -0.4 is 19.7 Å². The summed E-state index contributed by atoms with van der Waals surface area (Å²) in [6, 6.07) is 19.2. The number of anilines is 1. The molecule has 3 aromatic rings. The predicted octanol–water partition coefficient (Wildman–Crippen LogP) is 3.41. The van der Waals surface area contributed by atoms with Crippen LogP contribution in [0.1, 0.15) is 28.1 Å². The highest BCUT2D eigenvalue weighted by Gasteiger charge is 2.54. The fourth-order valence-corrected chi connectivity index (χ4v) is 6.26. The number of carbonyl (C=O) groups excluding carboxylic acids is 3. The SMILES string of the molecule is COc1ccc(CCNC(=O)CN2CN(c3ccccc3)C3(CCN(C(=O)c4cccs4)CC3)C2=O)cc1OC. The van der Waals surface area contributed by atoms with Gasteiger partial charge in [-0.15, -0.1) is 11.3 Å². The Morgan fingerprint density at radius 1 is 0.975 bits per heavy atom. The van der Waals surface area contributed by atoms with Crippen LogP contribution in [0.3, 0.4) is 0 Å². The maximum atomic E-state index is 13.9. The average Bonchev–Trinajstić information content (AvgIpc) is 3.62. The fraction of sp³-hybridized carbons (Fsp3) is 0.367. The van der Waals surface area contributed by atoms with Crippen LogP contribution in [-0.4, -0.2) is 80.1 Å². The van der Waals surface area contributed by atoms with Crippen molar-refractivity contribution in [1.29, 1.82) is 0 Å². The summed E-state index contributed by atoms with van der Waals surface area (Å²) in [4.78, 5) is 46.1. The Kier molecular flexibility index (Phi) is 8.25. The second kappa shape index (κ2) is 12.0. The van der Waals surface area contributed by atoms with Crippen LogP contribution in [0, 0.1) is 0 Å². The molecule has 3 amide bonds. The highest BCUT2D eigenvalue weighted by Crippen LogP contribution is 2.39. The van der Waals surface area contributed by atoms with E-state index in [4.69, 9.17) is 9.47 Å². The Morgan fingerprint density at radius 2 is 1.73 bits per heavy atom. The van der Waals surface area contributed by atoms with Crippen molar-refractivity contribution in [3.63, 3.8) is 0 Å². The molecule has 2 aliphatic rings. The van der Waals surface area contributed by atoms with E-state index in [0.29, 0.717) is 61.9 Å². The predicted molar refractivity (Wildman–Crippen MR) is 154 cm³/mol. The van der Waals surface area contributed by atoms with E-state index < -0.39 is 5.54 Å². The first kappa shape index (κ1) is 27.5. The topological polar surface area (TPSA) is 91.4 Å². The lowest BCUT2D eigenvalue weighted by molar-refractivity contribution is -0.137. The lowest BCUT2D eigenvalue weighted by atomic mass is 9.85. The molecule has 0 radical (unpaired) electrons. The molecule has 1 spiro atoms. The number of ether oxygens (including phenoxy) is 2.